The van der Waals surface area contributed by atoms with Crippen LogP contribution in [0, 0.1) is 0 Å². The van der Waals surface area contributed by atoms with Crippen LogP contribution in [0.15, 0.2) is 6.20 Å². The highest BCUT2D eigenvalue weighted by Crippen LogP contribution is 2.30. The first-order valence-electron chi connectivity index (χ1n) is 4.99. The molecule has 15 heavy (non-hydrogen) atoms. The highest BCUT2D eigenvalue weighted by Gasteiger charge is 2.30. The van der Waals surface area contributed by atoms with Gasteiger partial charge in [-0.2, -0.15) is 5.10 Å². The van der Waals surface area contributed by atoms with Crippen LogP contribution in [0.4, 0.5) is 0 Å². The first-order valence-corrected chi connectivity index (χ1v) is 5.37. The fourth-order valence-corrected chi connectivity index (χ4v) is 2.28. The molecule has 1 aliphatic rings. The van der Waals surface area contributed by atoms with Crippen molar-refractivity contribution in [1.29, 1.82) is 0 Å². The topological polar surface area (TPSA) is 65.1 Å². The average Bonchev–Trinajstić information content (AvgIpc) is 2.83. The molecule has 0 bridgehead atoms. The molecule has 0 spiro atoms. The predicted octanol–water partition coefficient (Wildman–Crippen LogP) is 0.757. The molecule has 2 atom stereocenters. The van der Waals surface area contributed by atoms with Crippen molar-refractivity contribution in [3.05, 3.63) is 16.9 Å². The van der Waals surface area contributed by atoms with Crippen LogP contribution in [-0.4, -0.2) is 22.5 Å². The Kier molecular flexibility index (Phi) is 3.25. The number of nitrogens with two attached hydrogens (primary N) is 1. The second kappa shape index (κ2) is 4.49. The number of nitrogens with zero attached hydrogens (tertiary/aromatic N) is 2. The van der Waals surface area contributed by atoms with Gasteiger partial charge in [-0.25, -0.2) is 5.43 Å². The molecular formula is C9H15ClN4O. The molecule has 1 aliphatic heterocycles. The van der Waals surface area contributed by atoms with Crippen LogP contribution in [0.25, 0.3) is 0 Å². The minimum absolute atomic E-state index is 0.0860. The number of rotatable bonds is 3. The summed E-state index contributed by atoms with van der Waals surface area (Å²) in [5.74, 6) is 5.55. The number of aromatic nitrogens is 2. The van der Waals surface area contributed by atoms with Gasteiger partial charge in [0.2, 0.25) is 0 Å². The quantitative estimate of drug-likeness (QED) is 0.594. The predicted molar refractivity (Wildman–Crippen MR) is 57.3 cm³/mol. The number of aryl methyl sites for hydroxylation is 1. The Balaban J connectivity index is 2.25. The lowest BCUT2D eigenvalue weighted by Crippen LogP contribution is -2.37. The standard InChI is InChI=1S/C9H15ClN4O/c1-14-9(6(10)5-12-14)8(13-11)7-3-2-4-15-7/h5,7-8,13H,2-4,11H2,1H3. The smallest absolute Gasteiger partial charge is 0.0905 e. The third kappa shape index (κ3) is 2.01. The molecule has 2 heterocycles. The molecule has 1 saturated heterocycles. The van der Waals surface area contributed by atoms with E-state index in [9.17, 15) is 0 Å². The van der Waals surface area contributed by atoms with E-state index >= 15 is 0 Å². The van der Waals surface area contributed by atoms with Crippen LogP contribution in [0.5, 0.6) is 0 Å². The molecule has 2 unspecified atom stereocenters. The van der Waals surface area contributed by atoms with Crippen molar-refractivity contribution in [2.45, 2.75) is 25.0 Å². The molecule has 0 amide bonds. The zero-order valence-corrected chi connectivity index (χ0v) is 9.37. The van der Waals surface area contributed by atoms with Gasteiger partial charge in [0, 0.05) is 13.7 Å². The highest BCUT2D eigenvalue weighted by molar-refractivity contribution is 6.31. The van der Waals surface area contributed by atoms with Gasteiger partial charge in [0.25, 0.3) is 0 Å². The van der Waals surface area contributed by atoms with Gasteiger partial charge in [0.15, 0.2) is 0 Å². The second-order valence-electron chi connectivity index (χ2n) is 3.70. The van der Waals surface area contributed by atoms with Gasteiger partial charge in [-0.1, -0.05) is 11.6 Å². The molecule has 84 valence electrons. The van der Waals surface area contributed by atoms with Crippen LogP contribution in [0.3, 0.4) is 0 Å². The fraction of sp³-hybridized carbons (Fsp3) is 0.667. The van der Waals surface area contributed by atoms with Gasteiger partial charge in [0.05, 0.1) is 29.1 Å². The summed E-state index contributed by atoms with van der Waals surface area (Å²) in [5.41, 5.74) is 3.64. The Morgan fingerprint density at radius 3 is 3.07 bits per heavy atom. The minimum atomic E-state index is -0.0903. The summed E-state index contributed by atoms with van der Waals surface area (Å²) >= 11 is 6.06. The molecule has 0 saturated carbocycles. The third-order valence-corrected chi connectivity index (χ3v) is 3.04. The summed E-state index contributed by atoms with van der Waals surface area (Å²) in [4.78, 5) is 0. The Hall–Kier alpha value is -0.620. The SMILES string of the molecule is Cn1ncc(Cl)c1C(NN)C1CCCO1. The van der Waals surface area contributed by atoms with Crippen molar-refractivity contribution in [1.82, 2.24) is 15.2 Å². The molecule has 5 nitrogen and oxygen atoms in total. The van der Waals surface area contributed by atoms with Crippen molar-refractivity contribution >= 4 is 11.6 Å². The van der Waals surface area contributed by atoms with Gasteiger partial charge in [0.1, 0.15) is 0 Å². The molecule has 1 aromatic heterocycles. The number of hydrogen-bond acceptors (Lipinski definition) is 4. The van der Waals surface area contributed by atoms with E-state index < -0.39 is 0 Å². The largest absolute Gasteiger partial charge is 0.376 e. The lowest BCUT2D eigenvalue weighted by Gasteiger charge is -2.22. The maximum atomic E-state index is 6.06. The molecule has 0 aromatic carbocycles. The third-order valence-electron chi connectivity index (χ3n) is 2.75. The molecule has 1 aromatic rings. The average molecular weight is 231 g/mol. The summed E-state index contributed by atoms with van der Waals surface area (Å²) in [6.45, 7) is 0.790. The van der Waals surface area contributed by atoms with Crippen molar-refractivity contribution < 1.29 is 4.74 Å². The van der Waals surface area contributed by atoms with E-state index in [1.165, 1.54) is 0 Å². The summed E-state index contributed by atoms with van der Waals surface area (Å²) < 4.78 is 7.33. The van der Waals surface area contributed by atoms with Crippen LogP contribution in [0.2, 0.25) is 5.02 Å². The number of hydrogen-bond donors (Lipinski definition) is 2. The fourth-order valence-electron chi connectivity index (χ4n) is 2.00. The Labute approximate surface area is 93.5 Å². The zero-order valence-electron chi connectivity index (χ0n) is 8.61. The van der Waals surface area contributed by atoms with Crippen LogP contribution in [0.1, 0.15) is 24.6 Å². The first kappa shape index (κ1) is 10.9. The van der Waals surface area contributed by atoms with E-state index in [0.29, 0.717) is 5.02 Å². The maximum Gasteiger partial charge on any atom is 0.0905 e. The summed E-state index contributed by atoms with van der Waals surface area (Å²) in [5, 5.41) is 4.71. The van der Waals surface area contributed by atoms with Gasteiger partial charge in [-0.15, -0.1) is 0 Å². The normalized spacial score (nSPS) is 23.3. The molecular weight excluding hydrogens is 216 g/mol. The lowest BCUT2D eigenvalue weighted by atomic mass is 10.1. The summed E-state index contributed by atoms with van der Waals surface area (Å²) in [7, 11) is 1.85. The van der Waals surface area contributed by atoms with Crippen molar-refractivity contribution in [3.63, 3.8) is 0 Å². The van der Waals surface area contributed by atoms with Gasteiger partial charge < -0.3 is 4.74 Å². The van der Waals surface area contributed by atoms with Gasteiger partial charge in [-0.3, -0.25) is 10.5 Å². The number of ether oxygens (including phenoxy) is 1. The summed E-state index contributed by atoms with van der Waals surface area (Å²) in [6.07, 6.45) is 3.77. The number of hydrazine groups is 1. The Bertz CT molecular complexity index is 315. The van der Waals surface area contributed by atoms with E-state index in [4.69, 9.17) is 22.2 Å². The van der Waals surface area contributed by atoms with Gasteiger partial charge >= 0.3 is 0 Å². The Morgan fingerprint density at radius 1 is 1.80 bits per heavy atom. The zero-order chi connectivity index (χ0) is 10.8. The van der Waals surface area contributed by atoms with Gasteiger partial charge in [-0.05, 0) is 12.8 Å². The minimum Gasteiger partial charge on any atom is -0.376 e. The van der Waals surface area contributed by atoms with Crippen LogP contribution >= 0.6 is 11.6 Å². The van der Waals surface area contributed by atoms with Crippen LogP contribution in [-0.2, 0) is 11.8 Å². The van der Waals surface area contributed by atoms with Crippen molar-refractivity contribution in [2.24, 2.45) is 12.9 Å². The first-order chi connectivity index (χ1) is 7.24. The maximum absolute atomic E-state index is 6.06. The monoisotopic (exact) mass is 230 g/mol. The van der Waals surface area contributed by atoms with E-state index in [1.54, 1.807) is 10.9 Å². The van der Waals surface area contributed by atoms with E-state index in [1.807, 2.05) is 7.05 Å². The van der Waals surface area contributed by atoms with E-state index in [0.717, 1.165) is 25.1 Å². The number of nitrogens with one attached hydrogen (secondary N) is 1. The van der Waals surface area contributed by atoms with Crippen LogP contribution < -0.4 is 11.3 Å². The Morgan fingerprint density at radius 2 is 2.60 bits per heavy atom. The molecule has 1 fully saturated rings. The van der Waals surface area contributed by atoms with Crippen molar-refractivity contribution in [3.8, 4) is 0 Å². The van der Waals surface area contributed by atoms with Crippen molar-refractivity contribution in [2.75, 3.05) is 6.61 Å². The summed E-state index contributed by atoms with van der Waals surface area (Å²) in [6, 6.07) is -0.0903. The van der Waals surface area contributed by atoms with E-state index in [-0.39, 0.29) is 12.1 Å². The molecule has 3 N–H and O–H groups in total. The number of halogens is 1. The molecule has 6 heteroatoms. The molecule has 0 radical (unpaired) electrons. The molecule has 2 rings (SSSR count). The second-order valence-corrected chi connectivity index (χ2v) is 4.10. The van der Waals surface area contributed by atoms with E-state index in [2.05, 4.69) is 10.5 Å². The molecule has 0 aliphatic carbocycles. The highest BCUT2D eigenvalue weighted by atomic mass is 35.5. The lowest BCUT2D eigenvalue weighted by molar-refractivity contribution is 0.0758.